The number of esters is 1. The molecule has 2 unspecified atom stereocenters. The molecule has 0 radical (unpaired) electrons. The van der Waals surface area contributed by atoms with E-state index >= 15 is 0 Å². The Labute approximate surface area is 114 Å². The van der Waals surface area contributed by atoms with Crippen LogP contribution in [-0.4, -0.2) is 24.2 Å². The van der Waals surface area contributed by atoms with E-state index in [1.54, 1.807) is 12.1 Å². The highest BCUT2D eigenvalue weighted by Gasteiger charge is 2.18. The minimum atomic E-state index is -0.542. The molecule has 0 fully saturated rings. The van der Waals surface area contributed by atoms with Gasteiger partial charge in [-0.25, -0.2) is 0 Å². The second-order valence-corrected chi connectivity index (χ2v) is 4.85. The predicted octanol–water partition coefficient (Wildman–Crippen LogP) is 2.24. The van der Waals surface area contributed by atoms with Crippen molar-refractivity contribution in [3.05, 3.63) is 29.8 Å². The van der Waals surface area contributed by atoms with Gasteiger partial charge in [-0.15, -0.1) is 0 Å². The summed E-state index contributed by atoms with van der Waals surface area (Å²) >= 11 is 0. The van der Waals surface area contributed by atoms with E-state index in [0.29, 0.717) is 12.3 Å². The van der Waals surface area contributed by atoms with Gasteiger partial charge in [0.05, 0.1) is 7.11 Å². The van der Waals surface area contributed by atoms with Crippen LogP contribution < -0.4 is 5.73 Å². The van der Waals surface area contributed by atoms with Gasteiger partial charge in [0.15, 0.2) is 0 Å². The van der Waals surface area contributed by atoms with Crippen LogP contribution in [0, 0.1) is 5.92 Å². The highest BCUT2D eigenvalue weighted by atomic mass is 16.5. The maximum Gasteiger partial charge on any atom is 0.322 e. The first-order valence-electron chi connectivity index (χ1n) is 6.68. The number of rotatable bonds is 7. The monoisotopic (exact) mass is 265 g/mol. The Bertz CT molecular complexity index is 406. The number of hydrogen-bond acceptors (Lipinski definition) is 4. The SMILES string of the molecule is CCC(CCc1cccc(O)c1)CC(N)C(=O)OC. The average molecular weight is 265 g/mol. The molecule has 19 heavy (non-hydrogen) atoms. The van der Waals surface area contributed by atoms with Crippen LogP contribution in [0.15, 0.2) is 24.3 Å². The van der Waals surface area contributed by atoms with E-state index in [9.17, 15) is 9.90 Å². The molecule has 1 rings (SSSR count). The lowest BCUT2D eigenvalue weighted by molar-refractivity contribution is -0.142. The first kappa shape index (κ1) is 15.5. The third kappa shape index (κ3) is 5.30. The van der Waals surface area contributed by atoms with Gasteiger partial charge in [0.25, 0.3) is 0 Å². The zero-order valence-corrected chi connectivity index (χ0v) is 11.6. The van der Waals surface area contributed by atoms with Crippen LogP contribution in [0.3, 0.4) is 0 Å². The Morgan fingerprint density at radius 2 is 2.21 bits per heavy atom. The molecule has 0 aliphatic carbocycles. The summed E-state index contributed by atoms with van der Waals surface area (Å²) in [5, 5.41) is 9.40. The number of hydrogen-bond donors (Lipinski definition) is 2. The summed E-state index contributed by atoms with van der Waals surface area (Å²) in [5.41, 5.74) is 6.88. The fourth-order valence-corrected chi connectivity index (χ4v) is 2.18. The lowest BCUT2D eigenvalue weighted by atomic mass is 9.91. The van der Waals surface area contributed by atoms with E-state index in [1.165, 1.54) is 7.11 Å². The van der Waals surface area contributed by atoms with Gasteiger partial charge in [-0.05, 0) is 42.9 Å². The van der Waals surface area contributed by atoms with Crippen molar-refractivity contribution in [3.63, 3.8) is 0 Å². The van der Waals surface area contributed by atoms with Gasteiger partial charge in [0.1, 0.15) is 11.8 Å². The van der Waals surface area contributed by atoms with Crippen LogP contribution in [0.25, 0.3) is 0 Å². The van der Waals surface area contributed by atoms with Gasteiger partial charge < -0.3 is 15.6 Å². The van der Waals surface area contributed by atoms with E-state index in [-0.39, 0.29) is 11.7 Å². The van der Waals surface area contributed by atoms with Crippen molar-refractivity contribution in [1.29, 1.82) is 0 Å². The Balaban J connectivity index is 2.46. The standard InChI is InChI=1S/C15H23NO3/c1-3-11(10-14(16)15(18)19-2)7-8-12-5-4-6-13(17)9-12/h4-6,9,11,14,17H,3,7-8,10,16H2,1-2H3. The molecule has 0 saturated carbocycles. The second-order valence-electron chi connectivity index (χ2n) is 4.85. The summed E-state index contributed by atoms with van der Waals surface area (Å²) in [7, 11) is 1.36. The van der Waals surface area contributed by atoms with Crippen molar-refractivity contribution >= 4 is 5.97 Å². The number of nitrogens with two attached hydrogens (primary N) is 1. The van der Waals surface area contributed by atoms with Crippen LogP contribution in [0.5, 0.6) is 5.75 Å². The number of methoxy groups -OCH3 is 1. The van der Waals surface area contributed by atoms with Gasteiger partial charge >= 0.3 is 5.97 Å². The molecule has 0 amide bonds. The lowest BCUT2D eigenvalue weighted by Gasteiger charge is -2.18. The van der Waals surface area contributed by atoms with Gasteiger partial charge in [0.2, 0.25) is 0 Å². The minimum Gasteiger partial charge on any atom is -0.508 e. The molecule has 0 aliphatic heterocycles. The molecule has 3 N–H and O–H groups in total. The number of aromatic hydroxyl groups is 1. The van der Waals surface area contributed by atoms with Crippen LogP contribution in [-0.2, 0) is 16.0 Å². The minimum absolute atomic E-state index is 0.289. The molecule has 0 aromatic heterocycles. The summed E-state index contributed by atoms with van der Waals surface area (Å²) in [4.78, 5) is 11.3. The van der Waals surface area contributed by atoms with E-state index in [1.807, 2.05) is 12.1 Å². The number of phenolic OH excluding ortho intramolecular Hbond substituents is 1. The summed E-state index contributed by atoms with van der Waals surface area (Å²) in [6.07, 6.45) is 3.44. The average Bonchev–Trinajstić information content (AvgIpc) is 2.42. The Morgan fingerprint density at radius 3 is 2.79 bits per heavy atom. The quantitative estimate of drug-likeness (QED) is 0.742. The molecule has 0 bridgehead atoms. The summed E-state index contributed by atoms with van der Waals surface area (Å²) in [6, 6.07) is 6.72. The van der Waals surface area contributed by atoms with E-state index in [4.69, 9.17) is 5.73 Å². The Kier molecular flexibility index (Phi) is 6.36. The van der Waals surface area contributed by atoms with E-state index in [0.717, 1.165) is 24.8 Å². The van der Waals surface area contributed by atoms with Crippen molar-refractivity contribution < 1.29 is 14.6 Å². The zero-order chi connectivity index (χ0) is 14.3. The first-order valence-corrected chi connectivity index (χ1v) is 6.68. The fraction of sp³-hybridized carbons (Fsp3) is 0.533. The van der Waals surface area contributed by atoms with Gasteiger partial charge in [0, 0.05) is 0 Å². The number of carbonyl (C=O) groups is 1. The number of carbonyl (C=O) groups excluding carboxylic acids is 1. The molecule has 0 saturated heterocycles. The highest BCUT2D eigenvalue weighted by molar-refractivity contribution is 5.75. The molecular formula is C15H23NO3. The topological polar surface area (TPSA) is 72.5 Å². The van der Waals surface area contributed by atoms with E-state index < -0.39 is 6.04 Å². The number of phenols is 1. The van der Waals surface area contributed by atoms with Crippen molar-refractivity contribution in [2.75, 3.05) is 7.11 Å². The Morgan fingerprint density at radius 1 is 1.47 bits per heavy atom. The zero-order valence-electron chi connectivity index (χ0n) is 11.6. The van der Waals surface area contributed by atoms with Crippen molar-refractivity contribution in [1.82, 2.24) is 0 Å². The van der Waals surface area contributed by atoms with Crippen LogP contribution in [0.2, 0.25) is 0 Å². The van der Waals surface area contributed by atoms with Crippen molar-refractivity contribution in [3.8, 4) is 5.75 Å². The van der Waals surface area contributed by atoms with Crippen LogP contribution in [0.4, 0.5) is 0 Å². The number of ether oxygens (including phenoxy) is 1. The molecule has 1 aromatic carbocycles. The molecular weight excluding hydrogens is 242 g/mol. The largest absolute Gasteiger partial charge is 0.508 e. The Hall–Kier alpha value is -1.55. The second kappa shape index (κ2) is 7.79. The molecule has 1 aromatic rings. The normalized spacial score (nSPS) is 13.8. The van der Waals surface area contributed by atoms with Crippen LogP contribution >= 0.6 is 0 Å². The maximum absolute atomic E-state index is 11.3. The number of benzene rings is 1. The molecule has 0 heterocycles. The van der Waals surface area contributed by atoms with Crippen molar-refractivity contribution in [2.24, 2.45) is 11.7 Å². The molecule has 4 nitrogen and oxygen atoms in total. The molecule has 0 aliphatic rings. The van der Waals surface area contributed by atoms with Gasteiger partial charge in [-0.1, -0.05) is 25.5 Å². The van der Waals surface area contributed by atoms with Crippen molar-refractivity contribution in [2.45, 2.75) is 38.6 Å². The fourth-order valence-electron chi connectivity index (χ4n) is 2.18. The highest BCUT2D eigenvalue weighted by Crippen LogP contribution is 2.20. The van der Waals surface area contributed by atoms with Gasteiger partial charge in [-0.3, -0.25) is 4.79 Å². The molecule has 106 valence electrons. The smallest absolute Gasteiger partial charge is 0.322 e. The first-order chi connectivity index (χ1) is 9.06. The molecule has 4 heteroatoms. The molecule has 0 spiro atoms. The van der Waals surface area contributed by atoms with Crippen LogP contribution in [0.1, 0.15) is 31.7 Å². The van der Waals surface area contributed by atoms with Gasteiger partial charge in [-0.2, -0.15) is 0 Å². The summed E-state index contributed by atoms with van der Waals surface area (Å²) in [6.45, 7) is 2.09. The third-order valence-corrected chi connectivity index (χ3v) is 3.42. The maximum atomic E-state index is 11.3. The molecule has 2 atom stereocenters. The van der Waals surface area contributed by atoms with E-state index in [2.05, 4.69) is 11.7 Å². The summed E-state index contributed by atoms with van der Waals surface area (Å²) in [5.74, 6) is 0.323. The third-order valence-electron chi connectivity index (χ3n) is 3.42. The lowest BCUT2D eigenvalue weighted by Crippen LogP contribution is -2.33. The summed E-state index contributed by atoms with van der Waals surface area (Å²) < 4.78 is 4.64. The number of aryl methyl sites for hydroxylation is 1. The predicted molar refractivity (Wildman–Crippen MR) is 74.8 cm³/mol.